The number of carbonyl (C=O) groups excluding carboxylic acids is 2. The number of benzene rings is 1. The maximum atomic E-state index is 12.1. The van der Waals surface area contributed by atoms with Crippen LogP contribution in [0.2, 0.25) is 0 Å². The van der Waals surface area contributed by atoms with Gasteiger partial charge in [-0.25, -0.2) is 9.59 Å². The first-order chi connectivity index (χ1) is 13.1. The number of rotatable bonds is 8. The molecule has 0 aromatic heterocycles. The van der Waals surface area contributed by atoms with Crippen LogP contribution in [-0.4, -0.2) is 56.2 Å². The van der Waals surface area contributed by atoms with Gasteiger partial charge in [-0.15, -0.1) is 0 Å². The highest BCUT2D eigenvalue weighted by Crippen LogP contribution is 2.19. The summed E-state index contributed by atoms with van der Waals surface area (Å²) in [4.78, 5) is 28.0. The molecule has 1 fully saturated rings. The van der Waals surface area contributed by atoms with Crippen molar-refractivity contribution in [3.63, 3.8) is 0 Å². The summed E-state index contributed by atoms with van der Waals surface area (Å²) in [5.74, 6) is 0. The van der Waals surface area contributed by atoms with E-state index >= 15 is 0 Å². The zero-order valence-corrected chi connectivity index (χ0v) is 16.6. The largest absolute Gasteiger partial charge is 0.368 e. The number of amides is 4. The third-order valence-corrected chi connectivity index (χ3v) is 4.68. The summed E-state index contributed by atoms with van der Waals surface area (Å²) >= 11 is 0. The van der Waals surface area contributed by atoms with Gasteiger partial charge in [0.1, 0.15) is 0 Å². The number of unbranched alkanes of at least 4 members (excludes halogenated alkanes) is 2. The molecule has 0 aliphatic carbocycles. The van der Waals surface area contributed by atoms with E-state index in [4.69, 9.17) is 0 Å². The molecule has 0 atom stereocenters. The molecule has 1 aromatic rings. The average molecular weight is 376 g/mol. The van der Waals surface area contributed by atoms with Crippen LogP contribution in [-0.2, 0) is 0 Å². The van der Waals surface area contributed by atoms with Crippen LogP contribution in [0.4, 0.5) is 21.0 Å². The van der Waals surface area contributed by atoms with Crippen molar-refractivity contribution >= 4 is 23.4 Å². The summed E-state index contributed by atoms with van der Waals surface area (Å²) in [6.07, 6.45) is 4.14. The first-order valence-corrected chi connectivity index (χ1v) is 10.1. The maximum Gasteiger partial charge on any atom is 0.319 e. The van der Waals surface area contributed by atoms with Gasteiger partial charge in [0, 0.05) is 50.6 Å². The predicted octanol–water partition coefficient (Wildman–Crippen LogP) is 3.24. The third kappa shape index (κ3) is 7.00. The van der Waals surface area contributed by atoms with E-state index in [1.54, 1.807) is 0 Å². The summed E-state index contributed by atoms with van der Waals surface area (Å²) < 4.78 is 0. The molecule has 0 spiro atoms. The molecule has 0 unspecified atom stereocenters. The van der Waals surface area contributed by atoms with Gasteiger partial charge >= 0.3 is 12.1 Å². The summed E-state index contributed by atoms with van der Waals surface area (Å²) in [6.45, 7) is 8.71. The second-order valence-electron chi connectivity index (χ2n) is 6.84. The van der Waals surface area contributed by atoms with Gasteiger partial charge in [0.2, 0.25) is 0 Å². The lowest BCUT2D eigenvalue weighted by molar-refractivity contribution is 0.194. The molecule has 0 bridgehead atoms. The summed E-state index contributed by atoms with van der Waals surface area (Å²) in [5.41, 5.74) is 1.89. The Morgan fingerprint density at radius 1 is 0.889 bits per heavy atom. The van der Waals surface area contributed by atoms with Gasteiger partial charge in [-0.2, -0.15) is 0 Å². The SMILES string of the molecule is CCCCNC(=O)Nc1ccc(N2CCN(C(=O)NCCCC)CC2)cc1. The standard InChI is InChI=1S/C20H33N5O2/c1-3-5-11-21-19(26)23-17-7-9-18(10-8-17)24-13-15-25(16-14-24)20(27)22-12-6-4-2/h7-10H,3-6,11-16H2,1-2H3,(H,22,27)(H2,21,23,26). The van der Waals surface area contributed by atoms with E-state index < -0.39 is 0 Å². The second-order valence-corrected chi connectivity index (χ2v) is 6.84. The number of nitrogens with zero attached hydrogens (tertiary/aromatic N) is 2. The zero-order chi connectivity index (χ0) is 19.5. The molecular formula is C20H33N5O2. The highest BCUT2D eigenvalue weighted by molar-refractivity contribution is 5.89. The Morgan fingerprint density at radius 3 is 2.07 bits per heavy atom. The molecule has 0 saturated carbocycles. The second kappa shape index (κ2) is 11.3. The summed E-state index contributed by atoms with van der Waals surface area (Å²) in [5, 5.41) is 8.66. The number of piperazine rings is 1. The predicted molar refractivity (Wildman–Crippen MR) is 110 cm³/mol. The number of anilines is 2. The normalized spacial score (nSPS) is 14.0. The van der Waals surface area contributed by atoms with E-state index in [0.717, 1.165) is 69.8 Å². The molecule has 150 valence electrons. The van der Waals surface area contributed by atoms with Crippen molar-refractivity contribution in [2.75, 3.05) is 49.5 Å². The minimum Gasteiger partial charge on any atom is -0.368 e. The van der Waals surface area contributed by atoms with Gasteiger partial charge in [0.15, 0.2) is 0 Å². The molecule has 1 heterocycles. The van der Waals surface area contributed by atoms with Crippen molar-refractivity contribution in [3.05, 3.63) is 24.3 Å². The van der Waals surface area contributed by atoms with Gasteiger partial charge in [0.05, 0.1) is 0 Å². The molecule has 1 saturated heterocycles. The van der Waals surface area contributed by atoms with Crippen LogP contribution in [0.3, 0.4) is 0 Å². The zero-order valence-electron chi connectivity index (χ0n) is 16.6. The van der Waals surface area contributed by atoms with Gasteiger partial charge in [-0.1, -0.05) is 26.7 Å². The number of urea groups is 2. The molecule has 7 heteroatoms. The molecular weight excluding hydrogens is 342 g/mol. The Kier molecular flexibility index (Phi) is 8.74. The highest BCUT2D eigenvalue weighted by atomic mass is 16.2. The fourth-order valence-electron chi connectivity index (χ4n) is 2.96. The lowest BCUT2D eigenvalue weighted by Gasteiger charge is -2.36. The van der Waals surface area contributed by atoms with Crippen molar-refractivity contribution in [1.29, 1.82) is 0 Å². The quantitative estimate of drug-likeness (QED) is 0.611. The molecule has 1 aliphatic heterocycles. The third-order valence-electron chi connectivity index (χ3n) is 4.68. The van der Waals surface area contributed by atoms with E-state index in [1.807, 2.05) is 29.2 Å². The Labute approximate surface area is 162 Å². The van der Waals surface area contributed by atoms with Crippen LogP contribution in [0.5, 0.6) is 0 Å². The Hall–Kier alpha value is -2.44. The van der Waals surface area contributed by atoms with E-state index in [9.17, 15) is 9.59 Å². The molecule has 3 N–H and O–H groups in total. The molecule has 27 heavy (non-hydrogen) atoms. The van der Waals surface area contributed by atoms with Crippen molar-refractivity contribution in [3.8, 4) is 0 Å². The van der Waals surface area contributed by atoms with Crippen molar-refractivity contribution in [1.82, 2.24) is 15.5 Å². The van der Waals surface area contributed by atoms with Crippen LogP contribution >= 0.6 is 0 Å². The lowest BCUT2D eigenvalue weighted by atomic mass is 10.2. The molecule has 7 nitrogen and oxygen atoms in total. The monoisotopic (exact) mass is 375 g/mol. The van der Waals surface area contributed by atoms with Crippen LogP contribution in [0, 0.1) is 0 Å². The number of hydrogen-bond donors (Lipinski definition) is 3. The molecule has 4 amide bonds. The summed E-state index contributed by atoms with van der Waals surface area (Å²) in [6, 6.07) is 7.73. The number of carbonyl (C=O) groups is 2. The van der Waals surface area contributed by atoms with Crippen molar-refractivity contribution < 1.29 is 9.59 Å². The lowest BCUT2D eigenvalue weighted by Crippen LogP contribution is -2.52. The van der Waals surface area contributed by atoms with Gasteiger partial charge in [-0.05, 0) is 37.1 Å². The van der Waals surface area contributed by atoms with E-state index in [0.29, 0.717) is 6.54 Å². The first-order valence-electron chi connectivity index (χ1n) is 10.1. The Balaban J connectivity index is 1.76. The van der Waals surface area contributed by atoms with Gasteiger partial charge in [0.25, 0.3) is 0 Å². The van der Waals surface area contributed by atoms with Gasteiger partial charge in [-0.3, -0.25) is 0 Å². The van der Waals surface area contributed by atoms with E-state index in [2.05, 4.69) is 34.7 Å². The van der Waals surface area contributed by atoms with E-state index in [1.165, 1.54) is 0 Å². The minimum absolute atomic E-state index is 0.0386. The van der Waals surface area contributed by atoms with Crippen LogP contribution in [0.1, 0.15) is 39.5 Å². The van der Waals surface area contributed by atoms with Crippen LogP contribution in [0.15, 0.2) is 24.3 Å². The topological polar surface area (TPSA) is 76.7 Å². The Morgan fingerprint density at radius 2 is 1.48 bits per heavy atom. The van der Waals surface area contributed by atoms with Crippen LogP contribution in [0.25, 0.3) is 0 Å². The minimum atomic E-state index is -0.168. The molecule has 2 rings (SSSR count). The first kappa shape index (κ1) is 20.9. The fourth-order valence-corrected chi connectivity index (χ4v) is 2.96. The molecule has 1 aliphatic rings. The number of nitrogens with one attached hydrogen (secondary N) is 3. The molecule has 1 aromatic carbocycles. The Bertz CT molecular complexity index is 583. The van der Waals surface area contributed by atoms with Crippen molar-refractivity contribution in [2.24, 2.45) is 0 Å². The molecule has 0 radical (unpaired) electrons. The number of hydrogen-bond acceptors (Lipinski definition) is 3. The van der Waals surface area contributed by atoms with Gasteiger partial charge < -0.3 is 25.8 Å². The summed E-state index contributed by atoms with van der Waals surface area (Å²) in [7, 11) is 0. The highest BCUT2D eigenvalue weighted by Gasteiger charge is 2.20. The van der Waals surface area contributed by atoms with Crippen molar-refractivity contribution in [2.45, 2.75) is 39.5 Å². The van der Waals surface area contributed by atoms with E-state index in [-0.39, 0.29) is 12.1 Å². The van der Waals surface area contributed by atoms with Crippen LogP contribution < -0.4 is 20.9 Å². The average Bonchev–Trinajstić information content (AvgIpc) is 2.69. The fraction of sp³-hybridized carbons (Fsp3) is 0.600. The smallest absolute Gasteiger partial charge is 0.319 e. The maximum absolute atomic E-state index is 12.1.